The quantitative estimate of drug-likeness (QED) is 0.680. The van der Waals surface area contributed by atoms with Gasteiger partial charge in [-0.25, -0.2) is 0 Å². The SMILES string of the molecule is CCCCCN(CCC(O)c1ccc(C)cc1)C(C)C. The average molecular weight is 277 g/mol. The normalized spacial score (nSPS) is 13.2. The van der Waals surface area contributed by atoms with Gasteiger partial charge >= 0.3 is 0 Å². The highest BCUT2D eigenvalue weighted by Crippen LogP contribution is 2.18. The van der Waals surface area contributed by atoms with E-state index in [1.54, 1.807) is 0 Å². The zero-order valence-corrected chi connectivity index (χ0v) is 13.6. The predicted octanol–water partition coefficient (Wildman–Crippen LogP) is 4.32. The van der Waals surface area contributed by atoms with Gasteiger partial charge in [-0.2, -0.15) is 0 Å². The van der Waals surface area contributed by atoms with E-state index in [2.05, 4.69) is 44.7 Å². The zero-order chi connectivity index (χ0) is 15.0. The summed E-state index contributed by atoms with van der Waals surface area (Å²) in [6, 6.07) is 8.77. The molecule has 1 aromatic rings. The van der Waals surface area contributed by atoms with Gasteiger partial charge in [-0.3, -0.25) is 0 Å². The highest BCUT2D eigenvalue weighted by molar-refractivity contribution is 5.22. The van der Waals surface area contributed by atoms with E-state index >= 15 is 0 Å². The molecule has 0 aliphatic carbocycles. The summed E-state index contributed by atoms with van der Waals surface area (Å²) >= 11 is 0. The fourth-order valence-corrected chi connectivity index (χ4v) is 2.44. The summed E-state index contributed by atoms with van der Waals surface area (Å²) in [7, 11) is 0. The summed E-state index contributed by atoms with van der Waals surface area (Å²) in [6.07, 6.45) is 4.28. The van der Waals surface area contributed by atoms with Crippen molar-refractivity contribution in [2.45, 2.75) is 65.5 Å². The molecule has 0 amide bonds. The Morgan fingerprint density at radius 2 is 1.70 bits per heavy atom. The van der Waals surface area contributed by atoms with Crippen molar-refractivity contribution < 1.29 is 5.11 Å². The highest BCUT2D eigenvalue weighted by atomic mass is 16.3. The first-order chi connectivity index (χ1) is 9.54. The van der Waals surface area contributed by atoms with Crippen molar-refractivity contribution in [1.29, 1.82) is 0 Å². The summed E-state index contributed by atoms with van der Waals surface area (Å²) in [4.78, 5) is 2.48. The van der Waals surface area contributed by atoms with Crippen molar-refractivity contribution in [3.05, 3.63) is 35.4 Å². The topological polar surface area (TPSA) is 23.5 Å². The van der Waals surface area contributed by atoms with Crippen molar-refractivity contribution in [3.8, 4) is 0 Å². The van der Waals surface area contributed by atoms with Gasteiger partial charge < -0.3 is 10.0 Å². The molecule has 2 heteroatoms. The van der Waals surface area contributed by atoms with Gasteiger partial charge in [0.25, 0.3) is 0 Å². The van der Waals surface area contributed by atoms with Gasteiger partial charge in [0.2, 0.25) is 0 Å². The van der Waals surface area contributed by atoms with E-state index in [4.69, 9.17) is 0 Å². The minimum Gasteiger partial charge on any atom is -0.388 e. The first-order valence-electron chi connectivity index (χ1n) is 8.03. The van der Waals surface area contributed by atoms with Gasteiger partial charge in [-0.15, -0.1) is 0 Å². The molecule has 1 atom stereocenters. The second kappa shape index (κ2) is 9.15. The Balaban J connectivity index is 2.43. The molecule has 0 aliphatic rings. The monoisotopic (exact) mass is 277 g/mol. The smallest absolute Gasteiger partial charge is 0.0802 e. The van der Waals surface area contributed by atoms with Crippen molar-refractivity contribution in [2.24, 2.45) is 0 Å². The molecule has 0 radical (unpaired) electrons. The molecule has 1 unspecified atom stereocenters. The lowest BCUT2D eigenvalue weighted by Gasteiger charge is -2.27. The summed E-state index contributed by atoms with van der Waals surface area (Å²) in [5.41, 5.74) is 2.28. The molecule has 114 valence electrons. The Labute approximate surface area is 124 Å². The maximum atomic E-state index is 10.3. The summed E-state index contributed by atoms with van der Waals surface area (Å²) in [5, 5.41) is 10.3. The number of aliphatic hydroxyl groups is 1. The molecule has 1 N–H and O–H groups in total. The Morgan fingerprint density at radius 1 is 1.05 bits per heavy atom. The zero-order valence-electron chi connectivity index (χ0n) is 13.6. The van der Waals surface area contributed by atoms with Crippen LogP contribution in [0.5, 0.6) is 0 Å². The van der Waals surface area contributed by atoms with Gasteiger partial charge in [0.15, 0.2) is 0 Å². The van der Waals surface area contributed by atoms with Crippen LogP contribution in [0.2, 0.25) is 0 Å². The number of hydrogen-bond acceptors (Lipinski definition) is 2. The molecule has 0 fully saturated rings. The number of aryl methyl sites for hydroxylation is 1. The van der Waals surface area contributed by atoms with Gasteiger partial charge in [-0.1, -0.05) is 49.6 Å². The molecule has 0 saturated carbocycles. The molecule has 0 aromatic heterocycles. The number of benzene rings is 1. The van der Waals surface area contributed by atoms with Crippen LogP contribution in [0.4, 0.5) is 0 Å². The van der Waals surface area contributed by atoms with Crippen LogP contribution in [-0.4, -0.2) is 29.1 Å². The van der Waals surface area contributed by atoms with Crippen molar-refractivity contribution in [3.63, 3.8) is 0 Å². The van der Waals surface area contributed by atoms with E-state index < -0.39 is 0 Å². The number of rotatable bonds is 9. The first-order valence-corrected chi connectivity index (χ1v) is 8.03. The second-order valence-electron chi connectivity index (χ2n) is 6.05. The lowest BCUT2D eigenvalue weighted by atomic mass is 10.0. The third kappa shape index (κ3) is 6.06. The Morgan fingerprint density at radius 3 is 2.25 bits per heavy atom. The molecule has 20 heavy (non-hydrogen) atoms. The van der Waals surface area contributed by atoms with E-state index in [9.17, 15) is 5.11 Å². The molecule has 0 spiro atoms. The average Bonchev–Trinajstić information content (AvgIpc) is 2.42. The molecule has 0 aliphatic heterocycles. The van der Waals surface area contributed by atoms with Crippen molar-refractivity contribution in [1.82, 2.24) is 4.90 Å². The van der Waals surface area contributed by atoms with Crippen LogP contribution < -0.4 is 0 Å². The second-order valence-corrected chi connectivity index (χ2v) is 6.05. The summed E-state index contributed by atoms with van der Waals surface area (Å²) in [6.45, 7) is 10.9. The van der Waals surface area contributed by atoms with Gasteiger partial charge in [0, 0.05) is 12.6 Å². The summed E-state index contributed by atoms with van der Waals surface area (Å²) < 4.78 is 0. The maximum absolute atomic E-state index is 10.3. The van der Waals surface area contributed by atoms with Gasteiger partial charge in [-0.05, 0) is 45.7 Å². The highest BCUT2D eigenvalue weighted by Gasteiger charge is 2.13. The number of unbranched alkanes of at least 4 members (excludes halogenated alkanes) is 2. The minimum absolute atomic E-state index is 0.344. The third-order valence-corrected chi connectivity index (χ3v) is 3.93. The van der Waals surface area contributed by atoms with Crippen LogP contribution in [0, 0.1) is 6.92 Å². The van der Waals surface area contributed by atoms with E-state index in [1.165, 1.54) is 24.8 Å². The number of aliphatic hydroxyl groups excluding tert-OH is 1. The largest absolute Gasteiger partial charge is 0.388 e. The fourth-order valence-electron chi connectivity index (χ4n) is 2.44. The number of nitrogens with zero attached hydrogens (tertiary/aromatic N) is 1. The minimum atomic E-state index is -0.344. The molecular formula is C18H31NO. The number of hydrogen-bond donors (Lipinski definition) is 1. The Bertz CT molecular complexity index is 358. The predicted molar refractivity (Wildman–Crippen MR) is 87.0 cm³/mol. The molecule has 1 rings (SSSR count). The van der Waals surface area contributed by atoms with Crippen LogP contribution in [0.25, 0.3) is 0 Å². The first kappa shape index (κ1) is 17.2. The van der Waals surface area contributed by atoms with E-state index in [-0.39, 0.29) is 6.10 Å². The van der Waals surface area contributed by atoms with E-state index in [0.29, 0.717) is 6.04 Å². The lowest BCUT2D eigenvalue weighted by molar-refractivity contribution is 0.129. The lowest BCUT2D eigenvalue weighted by Crippen LogP contribution is -2.33. The van der Waals surface area contributed by atoms with Crippen molar-refractivity contribution >= 4 is 0 Å². The standard InChI is InChI=1S/C18H31NO/c1-5-6-7-13-19(15(2)3)14-12-18(20)17-10-8-16(4)9-11-17/h8-11,15,18,20H,5-7,12-14H2,1-4H3. The maximum Gasteiger partial charge on any atom is 0.0802 e. The Kier molecular flexibility index (Phi) is 7.86. The van der Waals surface area contributed by atoms with E-state index in [0.717, 1.165) is 25.1 Å². The van der Waals surface area contributed by atoms with Crippen LogP contribution >= 0.6 is 0 Å². The molecule has 0 saturated heterocycles. The van der Waals surface area contributed by atoms with Crippen molar-refractivity contribution in [2.75, 3.05) is 13.1 Å². The van der Waals surface area contributed by atoms with Crippen LogP contribution in [-0.2, 0) is 0 Å². The van der Waals surface area contributed by atoms with Crippen LogP contribution in [0.15, 0.2) is 24.3 Å². The molecular weight excluding hydrogens is 246 g/mol. The van der Waals surface area contributed by atoms with Crippen LogP contribution in [0.1, 0.15) is 63.7 Å². The fraction of sp³-hybridized carbons (Fsp3) is 0.667. The Hall–Kier alpha value is -0.860. The van der Waals surface area contributed by atoms with E-state index in [1.807, 2.05) is 12.1 Å². The molecule has 0 heterocycles. The molecule has 0 bridgehead atoms. The summed E-state index contributed by atoms with van der Waals surface area (Å²) in [5.74, 6) is 0. The molecule has 1 aromatic carbocycles. The van der Waals surface area contributed by atoms with Gasteiger partial charge in [0.05, 0.1) is 6.10 Å². The van der Waals surface area contributed by atoms with Crippen LogP contribution in [0.3, 0.4) is 0 Å². The van der Waals surface area contributed by atoms with Gasteiger partial charge in [0.1, 0.15) is 0 Å². The third-order valence-electron chi connectivity index (χ3n) is 3.93. The molecule has 2 nitrogen and oxygen atoms in total.